The maximum Gasteiger partial charge on any atom is 0.377 e. The number of halogens is 3. The van der Waals surface area contributed by atoms with E-state index in [1.165, 1.54) is 61.2 Å². The van der Waals surface area contributed by atoms with Crippen molar-refractivity contribution < 1.29 is 17.5 Å². The predicted molar refractivity (Wildman–Crippen MR) is 134 cm³/mol. The zero-order valence-corrected chi connectivity index (χ0v) is 19.6. The van der Waals surface area contributed by atoms with Crippen LogP contribution < -0.4 is 10.9 Å². The van der Waals surface area contributed by atoms with Crippen molar-refractivity contribution in [2.75, 3.05) is 13.7 Å². The van der Waals surface area contributed by atoms with Gasteiger partial charge in [0.2, 0.25) is 0 Å². The second-order valence-electron chi connectivity index (χ2n) is 9.82. The Morgan fingerprint density at radius 2 is 1.15 bits per heavy atom. The van der Waals surface area contributed by atoms with E-state index in [9.17, 15) is 13.2 Å². The average molecular weight is 462 g/mol. The molecule has 5 rings (SSSR count). The van der Waals surface area contributed by atoms with Crippen LogP contribution in [0.5, 0.6) is 0 Å². The van der Waals surface area contributed by atoms with Crippen LogP contribution in [-0.4, -0.2) is 20.1 Å². The molecule has 1 aliphatic heterocycles. The first kappa shape index (κ1) is 23.0. The lowest BCUT2D eigenvalue weighted by Gasteiger charge is -2.53. The van der Waals surface area contributed by atoms with Crippen molar-refractivity contribution in [1.29, 1.82) is 0 Å². The Bertz CT molecular complexity index is 1120. The normalized spacial score (nSPS) is 19.4. The summed E-state index contributed by atoms with van der Waals surface area (Å²) in [4.78, 5) is 0. The molecule has 0 spiro atoms. The lowest BCUT2D eigenvalue weighted by molar-refractivity contribution is 0.0525. The van der Waals surface area contributed by atoms with Crippen molar-refractivity contribution in [2.45, 2.75) is 38.5 Å². The molecule has 3 aromatic rings. The fourth-order valence-corrected chi connectivity index (χ4v) is 6.43. The fourth-order valence-electron chi connectivity index (χ4n) is 6.43. The van der Waals surface area contributed by atoms with Gasteiger partial charge in [-0.25, -0.2) is 13.2 Å². The van der Waals surface area contributed by atoms with Crippen molar-refractivity contribution >= 4 is 22.7 Å². The first-order valence-corrected chi connectivity index (χ1v) is 12.3. The van der Waals surface area contributed by atoms with Crippen LogP contribution in [0.25, 0.3) is 5.47 Å². The predicted octanol–water partition coefficient (Wildman–Crippen LogP) is 6.32. The highest BCUT2D eigenvalue weighted by Gasteiger charge is 2.50. The van der Waals surface area contributed by atoms with E-state index in [1.807, 2.05) is 43.5 Å². The molecule has 3 aromatic carbocycles. The zero-order valence-electron chi connectivity index (χ0n) is 19.6. The van der Waals surface area contributed by atoms with Gasteiger partial charge in [-0.05, 0) is 55.2 Å². The fraction of sp³-hybridized carbons (Fsp3) is 0.310. The van der Waals surface area contributed by atoms with E-state index in [2.05, 4.69) is 4.28 Å². The van der Waals surface area contributed by atoms with Gasteiger partial charge in [0.1, 0.15) is 24.1 Å². The molecule has 0 amide bonds. The van der Waals surface area contributed by atoms with E-state index in [1.54, 1.807) is 0 Å². The van der Waals surface area contributed by atoms with Crippen LogP contribution in [-0.2, 0) is 4.28 Å². The summed E-state index contributed by atoms with van der Waals surface area (Å²) in [5, 5.41) is 0. The van der Waals surface area contributed by atoms with Crippen LogP contribution in [0, 0.1) is 23.4 Å². The Morgan fingerprint density at radius 1 is 0.676 bits per heavy atom. The Balaban J connectivity index is 1.86. The maximum absolute atomic E-state index is 14.0. The molecule has 2 aliphatic rings. The molecule has 1 aliphatic carbocycles. The summed E-state index contributed by atoms with van der Waals surface area (Å²) in [6.07, 6.45) is 5.10. The van der Waals surface area contributed by atoms with Crippen LogP contribution in [0.3, 0.4) is 0 Å². The first-order chi connectivity index (χ1) is 16.5. The molecule has 0 saturated heterocycles. The minimum atomic E-state index is -1.78. The number of hydrogen-bond donors (Lipinski definition) is 0. The molecule has 1 nitrogen and oxygen atoms in total. The summed E-state index contributed by atoms with van der Waals surface area (Å²) in [5.41, 5.74) is 5.43. The third kappa shape index (κ3) is 4.00. The molecular formula is C29H30BF3O. The van der Waals surface area contributed by atoms with E-state index in [4.69, 9.17) is 0 Å². The van der Waals surface area contributed by atoms with Crippen molar-refractivity contribution in [3.8, 4) is 0 Å². The second-order valence-corrected chi connectivity index (χ2v) is 9.82. The van der Waals surface area contributed by atoms with E-state index in [0.717, 1.165) is 47.8 Å². The molecule has 176 valence electrons. The molecule has 0 N–H and O–H groups in total. The summed E-state index contributed by atoms with van der Waals surface area (Å²) >= 11 is 0. The summed E-state index contributed by atoms with van der Waals surface area (Å²) < 4.78 is 45.5. The molecule has 1 fully saturated rings. The van der Waals surface area contributed by atoms with Gasteiger partial charge in [0.15, 0.2) is 0 Å². The number of rotatable bonds is 4. The highest BCUT2D eigenvalue weighted by molar-refractivity contribution is 7.11. The van der Waals surface area contributed by atoms with Gasteiger partial charge in [-0.3, -0.25) is 0 Å². The topological polar surface area (TPSA) is 2.70 Å². The minimum absolute atomic E-state index is 0.276. The Labute approximate surface area is 199 Å². The summed E-state index contributed by atoms with van der Waals surface area (Å²) in [6, 6.07) is 20.1. The van der Waals surface area contributed by atoms with Gasteiger partial charge in [0.05, 0.1) is 7.11 Å². The lowest BCUT2D eigenvalue weighted by atomic mass is 9.25. The van der Waals surface area contributed by atoms with Gasteiger partial charge in [-0.15, -0.1) is 16.4 Å². The van der Waals surface area contributed by atoms with Crippen LogP contribution >= 0.6 is 0 Å². The minimum Gasteiger partial charge on any atom is -0.662 e. The molecule has 0 bridgehead atoms. The van der Waals surface area contributed by atoms with Gasteiger partial charge < -0.3 is 4.28 Å². The quantitative estimate of drug-likeness (QED) is 0.315. The highest BCUT2D eigenvalue weighted by atomic mass is 19.1. The molecule has 0 radical (unpaired) electrons. The third-order valence-corrected chi connectivity index (χ3v) is 7.98. The van der Waals surface area contributed by atoms with Crippen LogP contribution in [0.1, 0.15) is 44.1 Å². The monoisotopic (exact) mass is 462 g/mol. The Kier molecular flexibility index (Phi) is 6.39. The van der Waals surface area contributed by atoms with E-state index >= 15 is 0 Å². The molecular weight excluding hydrogens is 432 g/mol. The lowest BCUT2D eigenvalue weighted by Crippen LogP contribution is -2.68. The summed E-state index contributed by atoms with van der Waals surface area (Å²) in [7, 11) is 2.02. The van der Waals surface area contributed by atoms with Crippen LogP contribution in [0.15, 0.2) is 78.4 Å². The summed E-state index contributed by atoms with van der Waals surface area (Å²) in [6.45, 7) is 0.769. The van der Waals surface area contributed by atoms with Crippen LogP contribution in [0.4, 0.5) is 13.2 Å². The smallest absolute Gasteiger partial charge is 0.377 e. The Morgan fingerprint density at radius 3 is 1.65 bits per heavy atom. The largest absolute Gasteiger partial charge is 0.662 e. The molecule has 1 heterocycles. The van der Waals surface area contributed by atoms with E-state index in [0.29, 0.717) is 5.92 Å². The van der Waals surface area contributed by atoms with Crippen molar-refractivity contribution in [3.05, 3.63) is 101 Å². The van der Waals surface area contributed by atoms with E-state index in [-0.39, 0.29) is 17.5 Å². The highest BCUT2D eigenvalue weighted by Crippen LogP contribution is 2.44. The third-order valence-electron chi connectivity index (χ3n) is 7.98. The molecule has 1 saturated carbocycles. The SMILES string of the molecule is C[O+]1CCC(C2CCCCC2)=C(c2ccc(F)cc2)[B-]1(c1ccc(F)cc1)c1ccc(F)cc1. The summed E-state index contributed by atoms with van der Waals surface area (Å²) in [5.74, 6) is -0.401. The van der Waals surface area contributed by atoms with Gasteiger partial charge >= 0.3 is 6.35 Å². The van der Waals surface area contributed by atoms with Gasteiger partial charge in [-0.2, -0.15) is 0 Å². The molecule has 0 atom stereocenters. The molecule has 34 heavy (non-hydrogen) atoms. The number of hydrogen-bond acceptors (Lipinski definition) is 0. The Hall–Kier alpha value is -2.79. The van der Waals surface area contributed by atoms with Gasteiger partial charge in [0, 0.05) is 6.42 Å². The molecule has 0 aromatic heterocycles. The standard InChI is InChI=1S/C29H30BF3O/c1-34-20-19-28(21-5-3-2-4-6-21)29(22-7-13-25(31)14-8-22)30(34,23-9-15-26(32)16-10-23)24-11-17-27(33)18-12-24/h7-18,21H,2-6,19-20H2,1H3. The van der Waals surface area contributed by atoms with E-state index < -0.39 is 6.35 Å². The zero-order chi connectivity index (χ0) is 23.7. The molecule has 0 unspecified atom stereocenters. The first-order valence-electron chi connectivity index (χ1n) is 12.3. The van der Waals surface area contributed by atoms with Crippen molar-refractivity contribution in [3.63, 3.8) is 0 Å². The molecule has 5 heteroatoms. The van der Waals surface area contributed by atoms with Gasteiger partial charge in [-0.1, -0.05) is 66.8 Å². The maximum atomic E-state index is 14.0. The van der Waals surface area contributed by atoms with Crippen LogP contribution in [0.2, 0.25) is 0 Å². The van der Waals surface area contributed by atoms with Crippen molar-refractivity contribution in [1.82, 2.24) is 0 Å². The number of benzene rings is 3. The van der Waals surface area contributed by atoms with Gasteiger partial charge in [0.25, 0.3) is 0 Å². The second kappa shape index (κ2) is 9.46. The average Bonchev–Trinajstić information content (AvgIpc) is 2.86. The van der Waals surface area contributed by atoms with Crippen molar-refractivity contribution in [2.24, 2.45) is 5.92 Å².